The van der Waals surface area contributed by atoms with Crippen molar-refractivity contribution in [3.8, 4) is 0 Å². The second-order valence-corrected chi connectivity index (χ2v) is 8.94. The molecule has 1 aromatic carbocycles. The lowest BCUT2D eigenvalue weighted by atomic mass is 10.0. The van der Waals surface area contributed by atoms with Crippen LogP contribution < -0.4 is 21.7 Å². The molecular weight excluding hydrogens is 504 g/mol. The van der Waals surface area contributed by atoms with E-state index in [4.69, 9.17) is 20.9 Å². The van der Waals surface area contributed by atoms with Crippen molar-refractivity contribution >= 4 is 46.5 Å². The largest absolute Gasteiger partial charge is 0.466 e. The van der Waals surface area contributed by atoms with Gasteiger partial charge < -0.3 is 31.2 Å². The molecule has 2 heterocycles. The third-order valence-corrected chi connectivity index (χ3v) is 5.85. The SMILES string of the molecule is CCOC(=O)CCC(NC(=O)c1cc(C)c(N(C)Cc2cnc3nc(N)nc(N)c3n2)c(C)c1)C(=O)OCC. The summed E-state index contributed by atoms with van der Waals surface area (Å²) in [6, 6.07) is 2.49. The predicted octanol–water partition coefficient (Wildman–Crippen LogP) is 1.84. The number of aryl methyl sites for hydroxylation is 2. The number of nitrogens with one attached hydrogen (secondary N) is 1. The second-order valence-electron chi connectivity index (χ2n) is 8.94. The van der Waals surface area contributed by atoms with Crippen molar-refractivity contribution in [1.29, 1.82) is 0 Å². The summed E-state index contributed by atoms with van der Waals surface area (Å²) in [5.41, 5.74) is 15.9. The average molecular weight is 539 g/mol. The lowest BCUT2D eigenvalue weighted by Gasteiger charge is -2.24. The van der Waals surface area contributed by atoms with Crippen molar-refractivity contribution in [3.05, 3.63) is 40.7 Å². The topological polar surface area (TPSA) is 189 Å². The summed E-state index contributed by atoms with van der Waals surface area (Å²) in [4.78, 5) is 56.1. The summed E-state index contributed by atoms with van der Waals surface area (Å²) in [6.07, 6.45) is 1.64. The molecule has 1 atom stereocenters. The zero-order valence-electron chi connectivity index (χ0n) is 22.8. The quantitative estimate of drug-likeness (QED) is 0.301. The van der Waals surface area contributed by atoms with E-state index in [1.54, 1.807) is 32.2 Å². The van der Waals surface area contributed by atoms with E-state index in [-0.39, 0.29) is 37.8 Å². The smallest absolute Gasteiger partial charge is 0.328 e. The zero-order chi connectivity index (χ0) is 28.7. The van der Waals surface area contributed by atoms with Gasteiger partial charge in [0.25, 0.3) is 5.91 Å². The van der Waals surface area contributed by atoms with Gasteiger partial charge in [0.15, 0.2) is 17.0 Å². The van der Waals surface area contributed by atoms with Gasteiger partial charge in [-0.15, -0.1) is 0 Å². The summed E-state index contributed by atoms with van der Waals surface area (Å²) in [7, 11) is 1.90. The third kappa shape index (κ3) is 7.27. The fourth-order valence-electron chi connectivity index (χ4n) is 4.30. The number of nitrogens with zero attached hydrogens (tertiary/aromatic N) is 5. The lowest BCUT2D eigenvalue weighted by Crippen LogP contribution is -2.42. The molecule has 5 N–H and O–H groups in total. The van der Waals surface area contributed by atoms with E-state index in [0.29, 0.717) is 29.0 Å². The Hall–Kier alpha value is -4.55. The first-order chi connectivity index (χ1) is 18.5. The van der Waals surface area contributed by atoms with Gasteiger partial charge in [0, 0.05) is 24.7 Å². The number of fused-ring (bicyclic) bond motifs is 1. The Morgan fingerprint density at radius 3 is 2.33 bits per heavy atom. The van der Waals surface area contributed by atoms with Crippen molar-refractivity contribution in [2.75, 3.05) is 36.6 Å². The lowest BCUT2D eigenvalue weighted by molar-refractivity contribution is -0.146. The van der Waals surface area contributed by atoms with E-state index in [1.807, 2.05) is 25.8 Å². The number of hydrogen-bond acceptors (Lipinski definition) is 12. The average Bonchev–Trinajstić information content (AvgIpc) is 2.86. The Morgan fingerprint density at radius 2 is 1.69 bits per heavy atom. The Kier molecular flexibility index (Phi) is 9.52. The Balaban J connectivity index is 1.77. The molecule has 0 radical (unpaired) electrons. The highest BCUT2D eigenvalue weighted by Gasteiger charge is 2.25. The molecule has 3 aromatic rings. The maximum absolute atomic E-state index is 13.1. The number of hydrogen-bond donors (Lipinski definition) is 3. The van der Waals surface area contributed by atoms with E-state index in [1.165, 1.54) is 0 Å². The summed E-state index contributed by atoms with van der Waals surface area (Å²) < 4.78 is 10.0. The zero-order valence-corrected chi connectivity index (χ0v) is 22.8. The molecule has 0 saturated heterocycles. The van der Waals surface area contributed by atoms with Crippen molar-refractivity contribution in [3.63, 3.8) is 0 Å². The molecule has 208 valence electrons. The molecule has 0 saturated carbocycles. The molecule has 0 bridgehead atoms. The highest BCUT2D eigenvalue weighted by atomic mass is 16.5. The standard InChI is InChI=1S/C26H34N8O5/c1-6-38-19(35)9-8-18(25(37)39-7-2)31-24(36)16-10-14(3)21(15(4)11-16)34(5)13-17-12-29-23-20(30-17)22(27)32-26(28)33-23/h10-12,18H,6-9,13H2,1-5H3,(H,31,36)(H4,27,28,29,32,33). The number of carbonyl (C=O) groups is 3. The van der Waals surface area contributed by atoms with Gasteiger partial charge in [0.2, 0.25) is 5.95 Å². The predicted molar refractivity (Wildman–Crippen MR) is 146 cm³/mol. The van der Waals surface area contributed by atoms with Gasteiger partial charge in [-0.2, -0.15) is 9.97 Å². The Bertz CT molecular complexity index is 1360. The van der Waals surface area contributed by atoms with Crippen LogP contribution in [0.2, 0.25) is 0 Å². The number of benzene rings is 1. The highest BCUT2D eigenvalue weighted by molar-refractivity contribution is 5.98. The summed E-state index contributed by atoms with van der Waals surface area (Å²) in [6.45, 7) is 7.94. The van der Waals surface area contributed by atoms with Crippen LogP contribution >= 0.6 is 0 Å². The minimum Gasteiger partial charge on any atom is -0.466 e. The number of ether oxygens (including phenoxy) is 2. The van der Waals surface area contributed by atoms with Crippen LogP contribution in [0.3, 0.4) is 0 Å². The van der Waals surface area contributed by atoms with Crippen LogP contribution in [0, 0.1) is 13.8 Å². The first-order valence-electron chi connectivity index (χ1n) is 12.5. The number of rotatable bonds is 11. The van der Waals surface area contributed by atoms with Gasteiger partial charge in [-0.3, -0.25) is 9.59 Å². The van der Waals surface area contributed by atoms with Crippen LogP contribution in [0.15, 0.2) is 18.3 Å². The van der Waals surface area contributed by atoms with Crippen LogP contribution in [0.25, 0.3) is 11.2 Å². The van der Waals surface area contributed by atoms with E-state index in [9.17, 15) is 14.4 Å². The number of esters is 2. The highest BCUT2D eigenvalue weighted by Crippen LogP contribution is 2.27. The molecule has 0 fully saturated rings. The van der Waals surface area contributed by atoms with E-state index < -0.39 is 23.9 Å². The molecule has 0 spiro atoms. The second kappa shape index (κ2) is 12.8. The molecule has 0 aliphatic heterocycles. The van der Waals surface area contributed by atoms with Gasteiger partial charge >= 0.3 is 11.9 Å². The monoisotopic (exact) mass is 538 g/mol. The van der Waals surface area contributed by atoms with Gasteiger partial charge in [0.05, 0.1) is 31.6 Å². The van der Waals surface area contributed by atoms with Crippen molar-refractivity contribution in [1.82, 2.24) is 25.3 Å². The normalized spacial score (nSPS) is 11.6. The van der Waals surface area contributed by atoms with Crippen LogP contribution in [0.4, 0.5) is 17.5 Å². The molecule has 0 aliphatic carbocycles. The number of anilines is 3. The van der Waals surface area contributed by atoms with Gasteiger partial charge in [-0.1, -0.05) is 0 Å². The first kappa shape index (κ1) is 29.0. The molecule has 0 aliphatic rings. The number of carbonyl (C=O) groups excluding carboxylic acids is 3. The van der Waals surface area contributed by atoms with Gasteiger partial charge in [0.1, 0.15) is 6.04 Å². The van der Waals surface area contributed by atoms with E-state index in [2.05, 4.69) is 25.3 Å². The van der Waals surface area contributed by atoms with Crippen LogP contribution in [0.5, 0.6) is 0 Å². The maximum Gasteiger partial charge on any atom is 0.328 e. The summed E-state index contributed by atoms with van der Waals surface area (Å²) in [5, 5.41) is 2.70. The van der Waals surface area contributed by atoms with Gasteiger partial charge in [-0.25, -0.2) is 14.8 Å². The van der Waals surface area contributed by atoms with E-state index >= 15 is 0 Å². The molecule has 3 rings (SSSR count). The first-order valence-corrected chi connectivity index (χ1v) is 12.5. The molecule has 1 amide bonds. The molecule has 1 unspecified atom stereocenters. The Labute approximate surface area is 226 Å². The van der Waals surface area contributed by atoms with Gasteiger partial charge in [-0.05, 0) is 57.4 Å². The van der Waals surface area contributed by atoms with Crippen molar-refractivity contribution < 1.29 is 23.9 Å². The Morgan fingerprint density at radius 1 is 1.03 bits per heavy atom. The fraction of sp³-hybridized carbons (Fsp3) is 0.423. The number of aromatic nitrogens is 4. The molecular formula is C26H34N8O5. The maximum atomic E-state index is 13.1. The number of nitrogen functional groups attached to an aromatic ring is 2. The molecule has 39 heavy (non-hydrogen) atoms. The van der Waals surface area contributed by atoms with E-state index in [0.717, 1.165) is 16.8 Å². The fourth-order valence-corrected chi connectivity index (χ4v) is 4.30. The molecule has 13 heteroatoms. The van der Waals surface area contributed by atoms with Crippen LogP contribution in [-0.2, 0) is 25.6 Å². The number of nitrogens with two attached hydrogens (primary N) is 2. The summed E-state index contributed by atoms with van der Waals surface area (Å²) in [5.74, 6) is -1.32. The van der Waals surface area contributed by atoms with Crippen LogP contribution in [-0.4, -0.2) is 64.1 Å². The molecule has 2 aromatic heterocycles. The van der Waals surface area contributed by atoms with Crippen molar-refractivity contribution in [2.24, 2.45) is 0 Å². The minimum atomic E-state index is -0.983. The number of amides is 1. The van der Waals surface area contributed by atoms with Crippen molar-refractivity contribution in [2.45, 2.75) is 53.1 Å². The third-order valence-electron chi connectivity index (χ3n) is 5.85. The summed E-state index contributed by atoms with van der Waals surface area (Å²) >= 11 is 0. The minimum absolute atomic E-state index is 0.0256. The molecule has 13 nitrogen and oxygen atoms in total. The van der Waals surface area contributed by atoms with Crippen LogP contribution in [0.1, 0.15) is 53.9 Å².